The summed E-state index contributed by atoms with van der Waals surface area (Å²) in [6, 6.07) is 13.3. The van der Waals surface area contributed by atoms with Crippen LogP contribution in [0.25, 0.3) is 0 Å². The van der Waals surface area contributed by atoms with Crippen LogP contribution in [0.4, 0.5) is 0 Å². The molecule has 1 atom stereocenters. The predicted octanol–water partition coefficient (Wildman–Crippen LogP) is 4.31. The van der Waals surface area contributed by atoms with Crippen molar-refractivity contribution in [1.82, 2.24) is 5.32 Å². The largest absolute Gasteiger partial charge is 0.496 e. The second-order valence-corrected chi connectivity index (χ2v) is 4.97. The molecule has 0 bridgehead atoms. The van der Waals surface area contributed by atoms with Crippen LogP contribution in [-0.4, -0.2) is 14.2 Å². The first-order valence-electron chi connectivity index (χ1n) is 5.92. The molecule has 0 aliphatic carbocycles. The number of ether oxygens (including phenoxy) is 1. The van der Waals surface area contributed by atoms with Crippen molar-refractivity contribution in [2.45, 2.75) is 6.04 Å². The molecule has 0 aromatic heterocycles. The molecule has 0 amide bonds. The maximum Gasteiger partial charge on any atom is 0.125 e. The predicted molar refractivity (Wildman–Crippen MR) is 80.4 cm³/mol. The molecule has 1 N–H and O–H groups in total. The van der Waals surface area contributed by atoms with Crippen LogP contribution in [0.2, 0.25) is 10.0 Å². The Balaban J connectivity index is 2.51. The lowest BCUT2D eigenvalue weighted by Gasteiger charge is -2.21. The van der Waals surface area contributed by atoms with Gasteiger partial charge in [-0.3, -0.25) is 0 Å². The summed E-state index contributed by atoms with van der Waals surface area (Å²) in [5, 5.41) is 4.63. The van der Waals surface area contributed by atoms with Crippen LogP contribution in [0.3, 0.4) is 0 Å². The van der Waals surface area contributed by atoms with Gasteiger partial charge in [0.05, 0.1) is 13.2 Å². The molecule has 2 nitrogen and oxygen atoms in total. The van der Waals surface area contributed by atoms with Crippen LogP contribution in [0.1, 0.15) is 17.2 Å². The van der Waals surface area contributed by atoms with E-state index in [0.29, 0.717) is 5.02 Å². The van der Waals surface area contributed by atoms with Gasteiger partial charge in [0.25, 0.3) is 0 Å². The van der Waals surface area contributed by atoms with E-state index >= 15 is 0 Å². The van der Waals surface area contributed by atoms with Gasteiger partial charge in [-0.2, -0.15) is 0 Å². The van der Waals surface area contributed by atoms with Crippen molar-refractivity contribution in [2.75, 3.05) is 14.2 Å². The van der Waals surface area contributed by atoms with E-state index in [1.54, 1.807) is 13.2 Å². The summed E-state index contributed by atoms with van der Waals surface area (Å²) in [5.41, 5.74) is 2.01. The Labute approximate surface area is 123 Å². The lowest BCUT2D eigenvalue weighted by molar-refractivity contribution is 0.405. The number of hydrogen-bond donors (Lipinski definition) is 1. The highest BCUT2D eigenvalue weighted by Crippen LogP contribution is 2.34. The van der Waals surface area contributed by atoms with Crippen molar-refractivity contribution in [3.8, 4) is 5.75 Å². The van der Waals surface area contributed by atoms with E-state index in [2.05, 4.69) is 5.32 Å². The van der Waals surface area contributed by atoms with Crippen LogP contribution < -0.4 is 10.1 Å². The highest BCUT2D eigenvalue weighted by Gasteiger charge is 2.18. The normalized spacial score (nSPS) is 12.2. The van der Waals surface area contributed by atoms with Crippen LogP contribution in [0.15, 0.2) is 42.5 Å². The first-order chi connectivity index (χ1) is 9.17. The average Bonchev–Trinajstić information content (AvgIpc) is 2.43. The molecular formula is C15H15Cl2NO. The summed E-state index contributed by atoms with van der Waals surface area (Å²) >= 11 is 12.3. The molecule has 0 aliphatic rings. The highest BCUT2D eigenvalue weighted by atomic mass is 35.5. The lowest BCUT2D eigenvalue weighted by atomic mass is 9.98. The van der Waals surface area contributed by atoms with Crippen molar-refractivity contribution < 1.29 is 4.74 Å². The summed E-state index contributed by atoms with van der Waals surface area (Å²) in [4.78, 5) is 0. The SMILES string of the molecule is CNC(c1ccccc1Cl)c1ccc(Cl)cc1OC. The van der Waals surface area contributed by atoms with Gasteiger partial charge >= 0.3 is 0 Å². The van der Waals surface area contributed by atoms with Gasteiger partial charge in [0.15, 0.2) is 0 Å². The maximum absolute atomic E-state index is 6.27. The average molecular weight is 296 g/mol. The fourth-order valence-electron chi connectivity index (χ4n) is 2.11. The minimum Gasteiger partial charge on any atom is -0.496 e. The molecule has 0 saturated carbocycles. The van der Waals surface area contributed by atoms with Crippen LogP contribution in [-0.2, 0) is 0 Å². The Morgan fingerprint density at radius 3 is 2.42 bits per heavy atom. The first kappa shape index (κ1) is 14.2. The van der Waals surface area contributed by atoms with E-state index in [-0.39, 0.29) is 6.04 Å². The van der Waals surface area contributed by atoms with Gasteiger partial charge in [0.1, 0.15) is 5.75 Å². The van der Waals surface area contributed by atoms with Gasteiger partial charge in [0.2, 0.25) is 0 Å². The third kappa shape index (κ3) is 3.03. The van der Waals surface area contributed by atoms with Crippen molar-refractivity contribution >= 4 is 23.2 Å². The van der Waals surface area contributed by atoms with E-state index in [1.807, 2.05) is 43.4 Å². The van der Waals surface area contributed by atoms with Crippen molar-refractivity contribution in [2.24, 2.45) is 0 Å². The zero-order valence-corrected chi connectivity index (χ0v) is 12.3. The maximum atomic E-state index is 6.27. The van der Waals surface area contributed by atoms with Gasteiger partial charge in [0, 0.05) is 15.6 Å². The molecule has 19 heavy (non-hydrogen) atoms. The zero-order chi connectivity index (χ0) is 13.8. The topological polar surface area (TPSA) is 21.3 Å². The van der Waals surface area contributed by atoms with Gasteiger partial charge in [-0.15, -0.1) is 0 Å². The molecule has 0 heterocycles. The lowest BCUT2D eigenvalue weighted by Crippen LogP contribution is -2.18. The van der Waals surface area contributed by atoms with Crippen LogP contribution in [0, 0.1) is 0 Å². The van der Waals surface area contributed by atoms with Crippen molar-refractivity contribution in [3.63, 3.8) is 0 Å². The molecular weight excluding hydrogens is 281 g/mol. The second kappa shape index (κ2) is 6.29. The third-order valence-electron chi connectivity index (χ3n) is 3.01. The molecule has 0 saturated heterocycles. The van der Waals surface area contributed by atoms with Gasteiger partial charge in [-0.05, 0) is 30.8 Å². The Morgan fingerprint density at radius 1 is 1.05 bits per heavy atom. The monoisotopic (exact) mass is 295 g/mol. The van der Waals surface area contributed by atoms with Crippen molar-refractivity contribution in [3.05, 3.63) is 63.6 Å². The second-order valence-electron chi connectivity index (χ2n) is 4.13. The van der Waals surface area contributed by atoms with Crippen LogP contribution in [0.5, 0.6) is 5.75 Å². The zero-order valence-electron chi connectivity index (χ0n) is 10.8. The highest BCUT2D eigenvalue weighted by molar-refractivity contribution is 6.31. The van der Waals surface area contributed by atoms with Gasteiger partial charge < -0.3 is 10.1 Å². The van der Waals surface area contributed by atoms with Crippen LogP contribution >= 0.6 is 23.2 Å². The Hall–Kier alpha value is -1.22. The summed E-state index contributed by atoms with van der Waals surface area (Å²) in [7, 11) is 3.52. The Morgan fingerprint density at radius 2 is 1.79 bits per heavy atom. The minimum absolute atomic E-state index is 0.0408. The summed E-state index contributed by atoms with van der Waals surface area (Å²) < 4.78 is 5.40. The molecule has 0 fully saturated rings. The number of rotatable bonds is 4. The standard InChI is InChI=1S/C15H15Cl2NO/c1-18-15(11-5-3-4-6-13(11)17)12-8-7-10(16)9-14(12)19-2/h3-9,15,18H,1-2H3. The number of benzene rings is 2. The summed E-state index contributed by atoms with van der Waals surface area (Å²) in [5.74, 6) is 0.742. The molecule has 2 aromatic carbocycles. The number of halogens is 2. The number of methoxy groups -OCH3 is 1. The molecule has 1 unspecified atom stereocenters. The summed E-state index contributed by atoms with van der Waals surface area (Å²) in [6.45, 7) is 0. The molecule has 0 spiro atoms. The van der Waals surface area contributed by atoms with E-state index in [4.69, 9.17) is 27.9 Å². The molecule has 4 heteroatoms. The summed E-state index contributed by atoms with van der Waals surface area (Å²) in [6.07, 6.45) is 0. The van der Waals surface area contributed by atoms with E-state index < -0.39 is 0 Å². The van der Waals surface area contributed by atoms with Gasteiger partial charge in [-0.25, -0.2) is 0 Å². The molecule has 2 rings (SSSR count). The first-order valence-corrected chi connectivity index (χ1v) is 6.68. The Kier molecular flexibility index (Phi) is 4.70. The van der Waals surface area contributed by atoms with Crippen molar-refractivity contribution in [1.29, 1.82) is 0 Å². The van der Waals surface area contributed by atoms with Gasteiger partial charge in [-0.1, -0.05) is 47.5 Å². The molecule has 0 radical (unpaired) electrons. The number of nitrogens with one attached hydrogen (secondary N) is 1. The fourth-order valence-corrected chi connectivity index (χ4v) is 2.52. The molecule has 0 aliphatic heterocycles. The minimum atomic E-state index is -0.0408. The van der Waals surface area contributed by atoms with E-state index in [0.717, 1.165) is 21.9 Å². The quantitative estimate of drug-likeness (QED) is 0.907. The molecule has 100 valence electrons. The Bertz CT molecular complexity index is 572. The van der Waals surface area contributed by atoms with E-state index in [1.165, 1.54) is 0 Å². The smallest absolute Gasteiger partial charge is 0.125 e. The molecule has 2 aromatic rings. The fraction of sp³-hybridized carbons (Fsp3) is 0.200. The van der Waals surface area contributed by atoms with E-state index in [9.17, 15) is 0 Å². The number of hydrogen-bond acceptors (Lipinski definition) is 2. The third-order valence-corrected chi connectivity index (χ3v) is 3.59.